The third kappa shape index (κ3) is 2.29. The van der Waals surface area contributed by atoms with E-state index in [1.54, 1.807) is 0 Å². The van der Waals surface area contributed by atoms with Crippen molar-refractivity contribution in [3.05, 3.63) is 63.3 Å². The van der Waals surface area contributed by atoms with Crippen molar-refractivity contribution in [1.82, 2.24) is 4.98 Å². The molecule has 0 radical (unpaired) electrons. The molecule has 7 nitrogen and oxygen atoms in total. The van der Waals surface area contributed by atoms with Crippen molar-refractivity contribution < 1.29 is 9.72 Å². The number of aromatic nitrogens is 1. The number of nitrogens with two attached hydrogens (primary N) is 1. The highest BCUT2D eigenvalue weighted by molar-refractivity contribution is 5.98. The van der Waals surface area contributed by atoms with Crippen molar-refractivity contribution in [2.24, 2.45) is 17.6 Å². The predicted molar refractivity (Wildman–Crippen MR) is 87.8 cm³/mol. The Hall–Kier alpha value is -2.96. The number of amides is 1. The molecule has 1 saturated carbocycles. The van der Waals surface area contributed by atoms with Crippen LogP contribution in [0.25, 0.3) is 0 Å². The number of carbonyl (C=O) groups is 1. The summed E-state index contributed by atoms with van der Waals surface area (Å²) in [6, 6.07) is 9.65. The molecule has 2 aliphatic rings. The van der Waals surface area contributed by atoms with Gasteiger partial charge in [0.15, 0.2) is 0 Å². The quantitative estimate of drug-likeness (QED) is 0.646. The number of nitrogens with one attached hydrogen (secondary N) is 1. The molecule has 0 aliphatic heterocycles. The van der Waals surface area contributed by atoms with Crippen LogP contribution in [0.3, 0.4) is 0 Å². The second-order valence-corrected chi connectivity index (χ2v) is 6.35. The summed E-state index contributed by atoms with van der Waals surface area (Å²) in [6.45, 7) is 0.675. The molecule has 3 atom stereocenters. The predicted octanol–water partition coefficient (Wildman–Crippen LogP) is 2.09. The highest BCUT2D eigenvalue weighted by Crippen LogP contribution is 2.61. The largest absolute Gasteiger partial charge is 0.369 e. The number of hydrogen-bond donors (Lipinski definition) is 2. The molecule has 3 N–H and O–H groups in total. The first-order valence-electron chi connectivity index (χ1n) is 7.82. The normalized spacial score (nSPS) is 23.2. The topological polar surface area (TPSA) is 111 Å². The van der Waals surface area contributed by atoms with Gasteiger partial charge in [-0.3, -0.25) is 14.9 Å². The van der Waals surface area contributed by atoms with E-state index in [1.165, 1.54) is 17.2 Å². The van der Waals surface area contributed by atoms with Crippen LogP contribution in [0.2, 0.25) is 0 Å². The van der Waals surface area contributed by atoms with Crippen LogP contribution in [-0.2, 0) is 6.42 Å². The lowest BCUT2D eigenvalue weighted by molar-refractivity contribution is -0.385. The highest BCUT2D eigenvalue weighted by Gasteiger charge is 2.54. The summed E-state index contributed by atoms with van der Waals surface area (Å²) in [6.07, 6.45) is 2.22. The first-order chi connectivity index (χ1) is 11.6. The Morgan fingerprint density at radius 1 is 1.42 bits per heavy atom. The fourth-order valence-corrected chi connectivity index (χ4v) is 3.86. The van der Waals surface area contributed by atoms with Crippen LogP contribution in [-0.4, -0.2) is 22.4 Å². The summed E-state index contributed by atoms with van der Waals surface area (Å²) >= 11 is 0. The van der Waals surface area contributed by atoms with Crippen LogP contribution < -0.4 is 11.1 Å². The Bertz CT molecular complexity index is 851. The summed E-state index contributed by atoms with van der Waals surface area (Å²) in [5, 5.41) is 14.0. The molecule has 1 amide bonds. The van der Waals surface area contributed by atoms with Crippen LogP contribution in [0.4, 0.5) is 11.5 Å². The van der Waals surface area contributed by atoms with E-state index in [2.05, 4.69) is 34.6 Å². The van der Waals surface area contributed by atoms with Gasteiger partial charge in [0.25, 0.3) is 11.6 Å². The van der Waals surface area contributed by atoms with Crippen molar-refractivity contribution in [3.63, 3.8) is 0 Å². The van der Waals surface area contributed by atoms with Crippen LogP contribution in [0.1, 0.15) is 27.4 Å². The van der Waals surface area contributed by atoms with E-state index in [-0.39, 0.29) is 11.3 Å². The molecular formula is C17H16N4O3. The van der Waals surface area contributed by atoms with E-state index in [0.29, 0.717) is 30.1 Å². The van der Waals surface area contributed by atoms with Crippen molar-refractivity contribution in [3.8, 4) is 0 Å². The Labute approximate surface area is 138 Å². The Morgan fingerprint density at radius 3 is 2.96 bits per heavy atom. The fourth-order valence-electron chi connectivity index (χ4n) is 3.86. The van der Waals surface area contributed by atoms with Gasteiger partial charge >= 0.3 is 0 Å². The average molecular weight is 324 g/mol. The zero-order valence-electron chi connectivity index (χ0n) is 12.8. The molecule has 0 bridgehead atoms. The molecule has 7 heteroatoms. The molecule has 3 unspecified atom stereocenters. The van der Waals surface area contributed by atoms with Gasteiger partial charge in [-0.05, 0) is 35.3 Å². The maximum absolute atomic E-state index is 11.5. The third-order valence-electron chi connectivity index (χ3n) is 5.06. The summed E-state index contributed by atoms with van der Waals surface area (Å²) in [4.78, 5) is 25.8. The lowest BCUT2D eigenvalue weighted by Gasteiger charge is -2.11. The van der Waals surface area contributed by atoms with Crippen molar-refractivity contribution in [1.29, 1.82) is 0 Å². The number of carbonyl (C=O) groups excluding carboxylic acids is 1. The number of nitro groups is 1. The van der Waals surface area contributed by atoms with Crippen LogP contribution in [0.15, 0.2) is 36.5 Å². The standard InChI is InChI=1S/C17H16N4O3/c18-16(22)13-6-10(21(23)24)7-19-17(13)20-8-14-12-5-9-3-1-2-4-11(9)15(12)14/h1-4,6-7,12,14-15H,5,8H2,(H2,18,22)(H,19,20). The van der Waals surface area contributed by atoms with Gasteiger partial charge < -0.3 is 11.1 Å². The Balaban J connectivity index is 1.48. The molecule has 1 aromatic heterocycles. The van der Waals surface area contributed by atoms with Crippen LogP contribution >= 0.6 is 0 Å². The monoisotopic (exact) mass is 324 g/mol. The zero-order chi connectivity index (χ0) is 16.8. The highest BCUT2D eigenvalue weighted by atomic mass is 16.6. The van der Waals surface area contributed by atoms with Crippen molar-refractivity contribution in [2.75, 3.05) is 11.9 Å². The molecule has 2 aromatic rings. The summed E-state index contributed by atoms with van der Waals surface area (Å²) in [5.74, 6) is 1.27. The molecular weight excluding hydrogens is 308 g/mol. The lowest BCUT2D eigenvalue weighted by Crippen LogP contribution is -2.17. The number of anilines is 1. The first-order valence-corrected chi connectivity index (χ1v) is 7.82. The van der Waals surface area contributed by atoms with Gasteiger partial charge in [0.1, 0.15) is 12.0 Å². The summed E-state index contributed by atoms with van der Waals surface area (Å²) in [7, 11) is 0. The first kappa shape index (κ1) is 14.6. The van der Waals surface area contributed by atoms with Gasteiger partial charge in [-0.15, -0.1) is 0 Å². The number of benzene rings is 1. The van der Waals surface area contributed by atoms with Gasteiger partial charge in [-0.25, -0.2) is 4.98 Å². The van der Waals surface area contributed by atoms with E-state index >= 15 is 0 Å². The maximum atomic E-state index is 11.5. The average Bonchev–Trinajstić information content (AvgIpc) is 3.10. The smallest absolute Gasteiger partial charge is 0.288 e. The third-order valence-corrected chi connectivity index (χ3v) is 5.06. The molecule has 0 spiro atoms. The van der Waals surface area contributed by atoms with E-state index in [0.717, 1.165) is 12.6 Å². The number of fused-ring (bicyclic) bond motifs is 3. The van der Waals surface area contributed by atoms with Gasteiger partial charge in [0.2, 0.25) is 0 Å². The molecule has 24 heavy (non-hydrogen) atoms. The van der Waals surface area contributed by atoms with Gasteiger partial charge in [-0.1, -0.05) is 24.3 Å². The van der Waals surface area contributed by atoms with Crippen LogP contribution in [0, 0.1) is 22.0 Å². The van der Waals surface area contributed by atoms with Crippen molar-refractivity contribution >= 4 is 17.4 Å². The van der Waals surface area contributed by atoms with Gasteiger partial charge in [0, 0.05) is 12.6 Å². The minimum atomic E-state index is -0.727. The Morgan fingerprint density at radius 2 is 2.21 bits per heavy atom. The zero-order valence-corrected chi connectivity index (χ0v) is 12.8. The number of hydrogen-bond acceptors (Lipinski definition) is 5. The van der Waals surface area contributed by atoms with Crippen molar-refractivity contribution in [2.45, 2.75) is 12.3 Å². The van der Waals surface area contributed by atoms with E-state index < -0.39 is 10.8 Å². The second-order valence-electron chi connectivity index (χ2n) is 6.35. The minimum absolute atomic E-state index is 0.0513. The lowest BCUT2D eigenvalue weighted by atomic mass is 10.0. The number of rotatable bonds is 5. The second kappa shape index (κ2) is 5.30. The maximum Gasteiger partial charge on any atom is 0.288 e. The summed E-state index contributed by atoms with van der Waals surface area (Å²) in [5.41, 5.74) is 7.97. The number of primary amides is 1. The number of pyridine rings is 1. The minimum Gasteiger partial charge on any atom is -0.369 e. The van der Waals surface area contributed by atoms with E-state index in [4.69, 9.17) is 5.73 Å². The molecule has 0 saturated heterocycles. The van der Waals surface area contributed by atoms with Gasteiger partial charge in [0.05, 0.1) is 10.5 Å². The number of nitrogens with zero attached hydrogens (tertiary/aromatic N) is 2. The summed E-state index contributed by atoms with van der Waals surface area (Å²) < 4.78 is 0. The molecule has 1 fully saturated rings. The Kier molecular flexibility index (Phi) is 3.23. The molecule has 4 rings (SSSR count). The molecule has 122 valence electrons. The molecule has 1 heterocycles. The SMILES string of the molecule is NC(=O)c1cc([N+](=O)[O-])cnc1NCC1C2Cc3ccccc3C12. The van der Waals surface area contributed by atoms with E-state index in [1.807, 2.05) is 0 Å². The molecule has 1 aromatic carbocycles. The van der Waals surface area contributed by atoms with E-state index in [9.17, 15) is 14.9 Å². The fraction of sp³-hybridized carbons (Fsp3) is 0.294. The molecule has 2 aliphatic carbocycles. The van der Waals surface area contributed by atoms with Crippen LogP contribution in [0.5, 0.6) is 0 Å². The van der Waals surface area contributed by atoms with Gasteiger partial charge in [-0.2, -0.15) is 0 Å².